The van der Waals surface area contributed by atoms with E-state index in [0.717, 1.165) is 35.3 Å². The molecule has 1 aliphatic carbocycles. The van der Waals surface area contributed by atoms with Gasteiger partial charge in [-0.05, 0) is 47.2 Å². The Kier molecular flexibility index (Phi) is 6.62. The summed E-state index contributed by atoms with van der Waals surface area (Å²) in [6, 6.07) is 30.6. The Hall–Kier alpha value is -3.92. The molecule has 0 heterocycles. The van der Waals surface area contributed by atoms with E-state index in [0.29, 0.717) is 12.1 Å². The molecule has 4 heteroatoms. The quantitative estimate of drug-likeness (QED) is 0.323. The maximum absolute atomic E-state index is 14.6. The molecule has 4 aromatic rings. The van der Waals surface area contributed by atoms with E-state index in [2.05, 4.69) is 24.3 Å². The molecule has 176 valence electrons. The third-order valence-electron chi connectivity index (χ3n) is 6.85. The lowest BCUT2D eigenvalue weighted by molar-refractivity contribution is -0.133. The molecule has 0 saturated heterocycles. The number of rotatable bonds is 7. The maximum Gasteiger partial charge on any atom is 0.227 e. The monoisotopic (exact) mass is 465 g/mol. The molecule has 1 aliphatic rings. The highest BCUT2D eigenvalue weighted by atomic mass is 19.1. The summed E-state index contributed by atoms with van der Waals surface area (Å²) in [5.74, 6) is 0.509. The number of hydrogen-bond donors (Lipinski definition) is 0. The largest absolute Gasteiger partial charge is 0.496 e. The minimum atomic E-state index is -0.287. The number of nitrogens with zero attached hydrogens (tertiary/aromatic N) is 1. The summed E-state index contributed by atoms with van der Waals surface area (Å²) in [6.07, 6.45) is 1.85. The van der Waals surface area contributed by atoms with Gasteiger partial charge in [0.2, 0.25) is 5.91 Å². The first kappa shape index (κ1) is 22.9. The van der Waals surface area contributed by atoms with E-state index >= 15 is 0 Å². The molecule has 0 aliphatic heterocycles. The second kappa shape index (κ2) is 10.1. The highest BCUT2D eigenvalue weighted by Gasteiger charge is 2.31. The Labute approximate surface area is 205 Å². The van der Waals surface area contributed by atoms with Crippen molar-refractivity contribution in [1.82, 2.24) is 4.90 Å². The van der Waals surface area contributed by atoms with Crippen LogP contribution in [-0.4, -0.2) is 24.0 Å². The van der Waals surface area contributed by atoms with Gasteiger partial charge < -0.3 is 9.64 Å². The molecule has 0 bridgehead atoms. The second-order valence-corrected chi connectivity index (χ2v) is 8.98. The first-order valence-corrected chi connectivity index (χ1v) is 11.9. The zero-order valence-corrected chi connectivity index (χ0v) is 19.8. The van der Waals surface area contributed by atoms with E-state index in [9.17, 15) is 9.18 Å². The van der Waals surface area contributed by atoms with Crippen LogP contribution in [0, 0.1) is 5.82 Å². The van der Waals surface area contributed by atoms with Crippen LogP contribution in [0.3, 0.4) is 0 Å². The number of carbonyl (C=O) groups is 1. The van der Waals surface area contributed by atoms with Gasteiger partial charge in [-0.2, -0.15) is 0 Å². The van der Waals surface area contributed by atoms with Gasteiger partial charge in [-0.1, -0.05) is 84.9 Å². The van der Waals surface area contributed by atoms with Crippen molar-refractivity contribution in [2.24, 2.45) is 0 Å². The molecule has 0 N–H and O–H groups in total. The number of hydrogen-bond acceptors (Lipinski definition) is 2. The highest BCUT2D eigenvalue weighted by Crippen LogP contribution is 2.31. The molecule has 5 rings (SSSR count). The van der Waals surface area contributed by atoms with Gasteiger partial charge in [-0.15, -0.1) is 0 Å². The predicted molar refractivity (Wildman–Crippen MR) is 137 cm³/mol. The Balaban J connectivity index is 1.47. The lowest BCUT2D eigenvalue weighted by Gasteiger charge is -2.30. The molecule has 0 radical (unpaired) electrons. The SMILES string of the molecule is COc1ccccc1CN(C(=O)Cc1ccccc1-c1ccccc1F)C1Cc2ccccc2C1. The fraction of sp³-hybridized carbons (Fsp3) is 0.194. The molecule has 4 aromatic carbocycles. The lowest BCUT2D eigenvalue weighted by atomic mass is 9.96. The topological polar surface area (TPSA) is 29.5 Å². The standard InChI is InChI=1S/C31H28FNO2/c1-35-30-17-9-5-13-25(30)21-33(26-18-22-10-2-3-11-23(22)19-26)31(34)20-24-12-4-6-14-27(24)28-15-7-8-16-29(28)32/h2-17,26H,18-21H2,1H3. The zero-order chi connectivity index (χ0) is 24.2. The summed E-state index contributed by atoms with van der Waals surface area (Å²) in [4.78, 5) is 15.9. The van der Waals surface area contributed by atoms with Crippen molar-refractivity contribution in [2.45, 2.75) is 31.8 Å². The van der Waals surface area contributed by atoms with Gasteiger partial charge >= 0.3 is 0 Å². The molecule has 0 saturated carbocycles. The minimum absolute atomic E-state index is 0.0255. The number of benzene rings is 4. The van der Waals surface area contributed by atoms with Crippen molar-refractivity contribution in [3.8, 4) is 16.9 Å². The first-order chi connectivity index (χ1) is 17.1. The normalized spacial score (nSPS) is 12.9. The average Bonchev–Trinajstić information content (AvgIpc) is 3.32. The van der Waals surface area contributed by atoms with Gasteiger partial charge in [-0.3, -0.25) is 4.79 Å². The Bertz CT molecular complexity index is 1320. The number of halogens is 1. The van der Waals surface area contributed by atoms with Crippen molar-refractivity contribution < 1.29 is 13.9 Å². The molecule has 1 amide bonds. The van der Waals surface area contributed by atoms with E-state index in [4.69, 9.17) is 4.74 Å². The summed E-state index contributed by atoms with van der Waals surface area (Å²) >= 11 is 0. The molecular formula is C31H28FNO2. The summed E-state index contributed by atoms with van der Waals surface area (Å²) in [5, 5.41) is 0. The highest BCUT2D eigenvalue weighted by molar-refractivity contribution is 5.82. The molecule has 0 spiro atoms. The van der Waals surface area contributed by atoms with E-state index in [1.165, 1.54) is 17.2 Å². The van der Waals surface area contributed by atoms with Gasteiger partial charge in [0, 0.05) is 23.7 Å². The van der Waals surface area contributed by atoms with Crippen LogP contribution in [0.15, 0.2) is 97.1 Å². The van der Waals surface area contributed by atoms with Crippen LogP contribution in [0.25, 0.3) is 11.1 Å². The number of carbonyl (C=O) groups excluding carboxylic acids is 1. The van der Waals surface area contributed by atoms with E-state index in [-0.39, 0.29) is 24.2 Å². The smallest absolute Gasteiger partial charge is 0.227 e. The third kappa shape index (κ3) is 4.83. The fourth-order valence-corrected chi connectivity index (χ4v) is 5.08. The summed E-state index contributed by atoms with van der Waals surface area (Å²) in [7, 11) is 1.65. The Morgan fingerprint density at radius 1 is 0.800 bits per heavy atom. The van der Waals surface area contributed by atoms with Gasteiger partial charge in [0.1, 0.15) is 11.6 Å². The van der Waals surface area contributed by atoms with Gasteiger partial charge in [0.05, 0.1) is 13.5 Å². The fourth-order valence-electron chi connectivity index (χ4n) is 5.08. The van der Waals surface area contributed by atoms with Crippen molar-refractivity contribution in [2.75, 3.05) is 7.11 Å². The van der Waals surface area contributed by atoms with E-state index < -0.39 is 0 Å². The minimum Gasteiger partial charge on any atom is -0.496 e. The molecule has 0 fully saturated rings. The summed E-state index contributed by atoms with van der Waals surface area (Å²) in [5.41, 5.74) is 5.65. The number of fused-ring (bicyclic) bond motifs is 1. The maximum atomic E-state index is 14.6. The molecule has 0 atom stereocenters. The summed E-state index contributed by atoms with van der Waals surface area (Å²) in [6.45, 7) is 0.462. The Morgan fingerprint density at radius 2 is 1.37 bits per heavy atom. The molecule has 3 nitrogen and oxygen atoms in total. The number of amides is 1. The van der Waals surface area contributed by atoms with Crippen LogP contribution in [0.5, 0.6) is 5.75 Å². The van der Waals surface area contributed by atoms with Crippen molar-refractivity contribution >= 4 is 5.91 Å². The third-order valence-corrected chi connectivity index (χ3v) is 6.85. The van der Waals surface area contributed by atoms with Gasteiger partial charge in [0.15, 0.2) is 0 Å². The van der Waals surface area contributed by atoms with Gasteiger partial charge in [-0.25, -0.2) is 4.39 Å². The number of para-hydroxylation sites is 1. The van der Waals surface area contributed by atoms with Crippen LogP contribution in [0.1, 0.15) is 22.3 Å². The zero-order valence-electron chi connectivity index (χ0n) is 19.8. The Morgan fingerprint density at radius 3 is 2.06 bits per heavy atom. The van der Waals surface area contributed by atoms with Crippen molar-refractivity contribution in [3.05, 3.63) is 125 Å². The van der Waals surface area contributed by atoms with Crippen LogP contribution in [0.2, 0.25) is 0 Å². The molecule has 0 aromatic heterocycles. The summed E-state index contributed by atoms with van der Waals surface area (Å²) < 4.78 is 20.2. The van der Waals surface area contributed by atoms with Crippen LogP contribution >= 0.6 is 0 Å². The van der Waals surface area contributed by atoms with Gasteiger partial charge in [0.25, 0.3) is 0 Å². The second-order valence-electron chi connectivity index (χ2n) is 8.98. The molecular weight excluding hydrogens is 437 g/mol. The van der Waals surface area contributed by atoms with E-state index in [1.54, 1.807) is 19.2 Å². The van der Waals surface area contributed by atoms with E-state index in [1.807, 2.05) is 59.5 Å². The predicted octanol–water partition coefficient (Wildman–Crippen LogP) is 6.24. The number of ether oxygens (including phenoxy) is 1. The lowest BCUT2D eigenvalue weighted by Crippen LogP contribution is -2.41. The number of methoxy groups -OCH3 is 1. The van der Waals surface area contributed by atoms with Crippen molar-refractivity contribution in [1.29, 1.82) is 0 Å². The molecule has 35 heavy (non-hydrogen) atoms. The average molecular weight is 466 g/mol. The van der Waals surface area contributed by atoms with Crippen LogP contribution in [0.4, 0.5) is 4.39 Å². The first-order valence-electron chi connectivity index (χ1n) is 11.9. The van der Waals surface area contributed by atoms with Crippen LogP contribution in [-0.2, 0) is 30.6 Å². The van der Waals surface area contributed by atoms with Crippen LogP contribution < -0.4 is 4.74 Å². The van der Waals surface area contributed by atoms with Crippen molar-refractivity contribution in [3.63, 3.8) is 0 Å². The molecule has 0 unspecified atom stereocenters.